The molecule has 0 unspecified atom stereocenters. The molecule has 1 aliphatic heterocycles. The predicted molar refractivity (Wildman–Crippen MR) is 79.3 cm³/mol. The van der Waals surface area contributed by atoms with E-state index in [9.17, 15) is 0 Å². The van der Waals surface area contributed by atoms with E-state index >= 15 is 0 Å². The van der Waals surface area contributed by atoms with E-state index in [1.807, 2.05) is 0 Å². The molecule has 0 spiro atoms. The third kappa shape index (κ3) is 3.49. The summed E-state index contributed by atoms with van der Waals surface area (Å²) in [5, 5.41) is 3.71. The van der Waals surface area contributed by atoms with Gasteiger partial charge in [0.1, 0.15) is 0 Å². The van der Waals surface area contributed by atoms with Crippen LogP contribution in [0.4, 0.5) is 5.69 Å². The number of hydrogen-bond acceptors (Lipinski definition) is 2. The minimum absolute atomic E-state index is 0.650. The number of benzene rings is 1. The van der Waals surface area contributed by atoms with Gasteiger partial charge in [-0.1, -0.05) is 25.5 Å². The fourth-order valence-electron chi connectivity index (χ4n) is 2.70. The average molecular weight is 246 g/mol. The Bertz CT molecular complexity index is 379. The summed E-state index contributed by atoms with van der Waals surface area (Å²) >= 11 is 0. The largest absolute Gasteiger partial charge is 0.382 e. The molecular formula is C16H26N2. The van der Waals surface area contributed by atoms with Gasteiger partial charge in [0.15, 0.2) is 0 Å². The summed E-state index contributed by atoms with van der Waals surface area (Å²) in [5.41, 5.74) is 4.17. The second-order valence-corrected chi connectivity index (χ2v) is 5.62. The smallest absolute Gasteiger partial charge is 0.0372 e. The summed E-state index contributed by atoms with van der Waals surface area (Å²) in [6.07, 6.45) is 4.93. The highest BCUT2D eigenvalue weighted by molar-refractivity contribution is 5.52. The van der Waals surface area contributed by atoms with E-state index < -0.39 is 0 Å². The number of anilines is 1. The van der Waals surface area contributed by atoms with Gasteiger partial charge in [0, 0.05) is 11.7 Å². The van der Waals surface area contributed by atoms with E-state index in [4.69, 9.17) is 0 Å². The van der Waals surface area contributed by atoms with Crippen molar-refractivity contribution < 1.29 is 0 Å². The van der Waals surface area contributed by atoms with Crippen molar-refractivity contribution in [3.8, 4) is 0 Å². The van der Waals surface area contributed by atoms with Gasteiger partial charge >= 0.3 is 0 Å². The van der Waals surface area contributed by atoms with Crippen LogP contribution in [0, 0.1) is 6.92 Å². The van der Waals surface area contributed by atoms with Crippen LogP contribution in [-0.2, 0) is 6.42 Å². The summed E-state index contributed by atoms with van der Waals surface area (Å²) in [6.45, 7) is 6.88. The Hall–Kier alpha value is -1.02. The molecule has 1 heterocycles. The number of likely N-dealkylation sites (tertiary alicyclic amines) is 1. The first-order valence-electron chi connectivity index (χ1n) is 7.23. The van der Waals surface area contributed by atoms with Crippen LogP contribution in [0.5, 0.6) is 0 Å². The fraction of sp³-hybridized carbons (Fsp3) is 0.625. The third-order valence-corrected chi connectivity index (χ3v) is 3.91. The molecule has 0 bridgehead atoms. The first-order valence-corrected chi connectivity index (χ1v) is 7.23. The van der Waals surface area contributed by atoms with Crippen molar-refractivity contribution in [2.75, 3.05) is 25.5 Å². The highest BCUT2D eigenvalue weighted by Crippen LogP contribution is 2.21. The predicted octanol–water partition coefficient (Wildman–Crippen LogP) is 3.45. The molecule has 1 aliphatic rings. The van der Waals surface area contributed by atoms with Crippen LogP contribution < -0.4 is 5.32 Å². The number of nitrogens with zero attached hydrogens (tertiary/aromatic N) is 1. The Kier molecular flexibility index (Phi) is 4.65. The second-order valence-electron chi connectivity index (χ2n) is 5.62. The van der Waals surface area contributed by atoms with Crippen molar-refractivity contribution in [3.63, 3.8) is 0 Å². The van der Waals surface area contributed by atoms with Crippen LogP contribution >= 0.6 is 0 Å². The van der Waals surface area contributed by atoms with Gasteiger partial charge in [0.05, 0.1) is 0 Å². The summed E-state index contributed by atoms with van der Waals surface area (Å²) in [4.78, 5) is 2.41. The maximum atomic E-state index is 3.71. The lowest BCUT2D eigenvalue weighted by Crippen LogP contribution is -2.36. The molecule has 0 amide bonds. The summed E-state index contributed by atoms with van der Waals surface area (Å²) in [5.74, 6) is 0. The van der Waals surface area contributed by atoms with Gasteiger partial charge < -0.3 is 10.2 Å². The number of nitrogens with one attached hydrogen (secondary N) is 1. The first-order chi connectivity index (χ1) is 8.69. The van der Waals surface area contributed by atoms with Gasteiger partial charge in [-0.05, 0) is 63.5 Å². The lowest BCUT2D eigenvalue weighted by atomic mass is 10.0. The van der Waals surface area contributed by atoms with Gasteiger partial charge in [-0.3, -0.25) is 0 Å². The SMILES string of the molecule is CCCc1ccc(NC2CCN(C)CC2)c(C)c1. The zero-order valence-electron chi connectivity index (χ0n) is 12.0. The van der Waals surface area contributed by atoms with E-state index in [2.05, 4.69) is 49.3 Å². The van der Waals surface area contributed by atoms with Crippen molar-refractivity contribution in [3.05, 3.63) is 29.3 Å². The molecule has 0 radical (unpaired) electrons. The van der Waals surface area contributed by atoms with E-state index in [-0.39, 0.29) is 0 Å². The Morgan fingerprint density at radius 1 is 1.28 bits per heavy atom. The topological polar surface area (TPSA) is 15.3 Å². The summed E-state index contributed by atoms with van der Waals surface area (Å²) < 4.78 is 0. The summed E-state index contributed by atoms with van der Waals surface area (Å²) in [7, 11) is 2.21. The number of piperidine rings is 1. The monoisotopic (exact) mass is 246 g/mol. The molecule has 1 aromatic rings. The molecular weight excluding hydrogens is 220 g/mol. The van der Waals surface area contributed by atoms with E-state index in [0.29, 0.717) is 6.04 Å². The Morgan fingerprint density at radius 3 is 2.61 bits per heavy atom. The molecule has 1 N–H and O–H groups in total. The molecule has 18 heavy (non-hydrogen) atoms. The molecule has 2 nitrogen and oxygen atoms in total. The minimum atomic E-state index is 0.650. The molecule has 2 rings (SSSR count). The Balaban J connectivity index is 1.96. The van der Waals surface area contributed by atoms with Crippen LogP contribution in [0.1, 0.15) is 37.3 Å². The molecule has 0 saturated carbocycles. The van der Waals surface area contributed by atoms with Crippen molar-refractivity contribution in [1.29, 1.82) is 0 Å². The molecule has 0 aliphatic carbocycles. The van der Waals surface area contributed by atoms with E-state index in [1.54, 1.807) is 0 Å². The van der Waals surface area contributed by atoms with Crippen LogP contribution in [-0.4, -0.2) is 31.1 Å². The van der Waals surface area contributed by atoms with Crippen LogP contribution in [0.2, 0.25) is 0 Å². The zero-order valence-corrected chi connectivity index (χ0v) is 12.0. The number of hydrogen-bond donors (Lipinski definition) is 1. The molecule has 1 aromatic carbocycles. The van der Waals surface area contributed by atoms with Gasteiger partial charge in [0.25, 0.3) is 0 Å². The molecule has 1 saturated heterocycles. The lowest BCUT2D eigenvalue weighted by Gasteiger charge is -2.30. The van der Waals surface area contributed by atoms with Gasteiger partial charge in [-0.2, -0.15) is 0 Å². The fourth-order valence-corrected chi connectivity index (χ4v) is 2.70. The van der Waals surface area contributed by atoms with Crippen molar-refractivity contribution in [2.24, 2.45) is 0 Å². The van der Waals surface area contributed by atoms with E-state index in [0.717, 1.165) is 0 Å². The lowest BCUT2D eigenvalue weighted by molar-refractivity contribution is 0.264. The maximum absolute atomic E-state index is 3.71. The highest BCUT2D eigenvalue weighted by atomic mass is 15.1. The van der Waals surface area contributed by atoms with Crippen molar-refractivity contribution in [1.82, 2.24) is 4.90 Å². The van der Waals surface area contributed by atoms with E-state index in [1.165, 1.54) is 55.6 Å². The van der Waals surface area contributed by atoms with Gasteiger partial charge in [-0.25, -0.2) is 0 Å². The van der Waals surface area contributed by atoms with Gasteiger partial charge in [0.2, 0.25) is 0 Å². The minimum Gasteiger partial charge on any atom is -0.382 e. The Morgan fingerprint density at radius 2 is 2.00 bits per heavy atom. The van der Waals surface area contributed by atoms with Gasteiger partial charge in [-0.15, -0.1) is 0 Å². The number of aryl methyl sites for hydroxylation is 2. The number of rotatable bonds is 4. The zero-order chi connectivity index (χ0) is 13.0. The molecule has 0 aromatic heterocycles. The Labute approximate surface area is 111 Å². The first kappa shape index (κ1) is 13.4. The van der Waals surface area contributed by atoms with Crippen LogP contribution in [0.25, 0.3) is 0 Å². The quantitative estimate of drug-likeness (QED) is 0.875. The van der Waals surface area contributed by atoms with Crippen molar-refractivity contribution >= 4 is 5.69 Å². The highest BCUT2D eigenvalue weighted by Gasteiger charge is 2.16. The average Bonchev–Trinajstić information content (AvgIpc) is 2.36. The van der Waals surface area contributed by atoms with Crippen molar-refractivity contribution in [2.45, 2.75) is 45.6 Å². The molecule has 0 atom stereocenters. The third-order valence-electron chi connectivity index (χ3n) is 3.91. The second kappa shape index (κ2) is 6.24. The summed E-state index contributed by atoms with van der Waals surface area (Å²) in [6, 6.07) is 7.52. The molecule has 2 heteroatoms. The normalized spacial score (nSPS) is 17.9. The maximum Gasteiger partial charge on any atom is 0.0372 e. The molecule has 1 fully saturated rings. The van der Waals surface area contributed by atoms with Crippen LogP contribution in [0.15, 0.2) is 18.2 Å². The van der Waals surface area contributed by atoms with Crippen LogP contribution in [0.3, 0.4) is 0 Å². The molecule has 100 valence electrons. The standard InChI is InChI=1S/C16H26N2/c1-4-5-14-6-7-16(13(2)12-14)17-15-8-10-18(3)11-9-15/h6-7,12,15,17H,4-5,8-11H2,1-3H3.